The minimum atomic E-state index is -0.535. The average Bonchev–Trinajstić information content (AvgIpc) is 2.21. The molecule has 0 aliphatic rings. The summed E-state index contributed by atoms with van der Waals surface area (Å²) >= 11 is 6.56. The van der Waals surface area contributed by atoms with Crippen molar-refractivity contribution in [3.8, 4) is 0 Å². The van der Waals surface area contributed by atoms with Gasteiger partial charge in [-0.05, 0) is 37.9 Å². The molecule has 0 fully saturated rings. The second-order valence-corrected chi connectivity index (χ2v) is 4.42. The van der Waals surface area contributed by atoms with Gasteiger partial charge in [0.1, 0.15) is 6.42 Å². The van der Waals surface area contributed by atoms with Gasteiger partial charge in [-0.1, -0.05) is 12.1 Å². The molecule has 0 atom stereocenters. The number of hydrogen-bond acceptors (Lipinski definition) is 3. The molecule has 0 saturated carbocycles. The van der Waals surface area contributed by atoms with E-state index >= 15 is 0 Å². The van der Waals surface area contributed by atoms with Crippen LogP contribution in [0.2, 0.25) is 0 Å². The lowest BCUT2D eigenvalue weighted by molar-refractivity contribution is -0.139. The number of ketones is 1. The topological polar surface area (TPSA) is 43.4 Å². The van der Waals surface area contributed by atoms with Crippen LogP contribution < -0.4 is 0 Å². The summed E-state index contributed by atoms with van der Waals surface area (Å²) in [5, 5.41) is 0. The Morgan fingerprint density at radius 1 is 1.33 bits per heavy atom. The van der Waals surface area contributed by atoms with Gasteiger partial charge >= 0.3 is 5.97 Å². The highest BCUT2D eigenvalue weighted by molar-refractivity contribution is 9.13. The largest absolute Gasteiger partial charge is 0.469 e. The maximum Gasteiger partial charge on any atom is 0.313 e. The predicted molar refractivity (Wildman–Crippen MR) is 62.8 cm³/mol. The normalized spacial score (nSPS) is 9.80. The van der Waals surface area contributed by atoms with E-state index in [-0.39, 0.29) is 12.2 Å². The van der Waals surface area contributed by atoms with E-state index in [4.69, 9.17) is 0 Å². The molecule has 1 rings (SSSR count). The second-order valence-electron chi connectivity index (χ2n) is 2.78. The molecular formula is C10H8Br2O3. The lowest BCUT2D eigenvalue weighted by Crippen LogP contribution is -2.10. The van der Waals surface area contributed by atoms with E-state index in [0.29, 0.717) is 10.0 Å². The standard InChI is InChI=1S/C10H8Br2O3/c1-15-9(14)5-8(13)6-3-2-4-7(11)10(6)12/h2-4H,5H2,1H3. The maximum atomic E-state index is 11.6. The zero-order valence-electron chi connectivity index (χ0n) is 7.92. The Balaban J connectivity index is 2.92. The third-order valence-electron chi connectivity index (χ3n) is 1.78. The van der Waals surface area contributed by atoms with Crippen LogP contribution in [0.1, 0.15) is 16.8 Å². The van der Waals surface area contributed by atoms with Gasteiger partial charge in [-0.3, -0.25) is 9.59 Å². The third-order valence-corrected chi connectivity index (χ3v) is 3.83. The van der Waals surface area contributed by atoms with Gasteiger partial charge < -0.3 is 4.74 Å². The van der Waals surface area contributed by atoms with Crippen LogP contribution in [0, 0.1) is 0 Å². The molecule has 15 heavy (non-hydrogen) atoms. The highest BCUT2D eigenvalue weighted by Crippen LogP contribution is 2.27. The summed E-state index contributed by atoms with van der Waals surface area (Å²) in [5.74, 6) is -0.804. The number of carbonyl (C=O) groups excluding carboxylic acids is 2. The number of hydrogen-bond donors (Lipinski definition) is 0. The molecule has 0 aliphatic heterocycles. The summed E-state index contributed by atoms with van der Waals surface area (Å²) in [6.07, 6.45) is -0.244. The zero-order valence-corrected chi connectivity index (χ0v) is 11.1. The minimum absolute atomic E-state index is 0.244. The molecule has 0 unspecified atom stereocenters. The predicted octanol–water partition coefficient (Wildman–Crippen LogP) is 2.96. The van der Waals surface area contributed by atoms with E-state index in [1.807, 2.05) is 0 Å². The van der Waals surface area contributed by atoms with Crippen molar-refractivity contribution in [3.63, 3.8) is 0 Å². The molecule has 0 bridgehead atoms. The maximum absolute atomic E-state index is 11.6. The monoisotopic (exact) mass is 334 g/mol. The molecule has 0 saturated heterocycles. The Morgan fingerprint density at radius 3 is 2.60 bits per heavy atom. The smallest absolute Gasteiger partial charge is 0.313 e. The molecule has 0 aromatic heterocycles. The third kappa shape index (κ3) is 3.14. The number of Topliss-reactive ketones (excluding diaryl/α,β-unsaturated/α-hetero) is 1. The van der Waals surface area contributed by atoms with Gasteiger partial charge in [-0.2, -0.15) is 0 Å². The van der Waals surface area contributed by atoms with E-state index in [1.165, 1.54) is 7.11 Å². The van der Waals surface area contributed by atoms with E-state index in [1.54, 1.807) is 18.2 Å². The van der Waals surface area contributed by atoms with Crippen LogP contribution in [0.25, 0.3) is 0 Å². The number of methoxy groups -OCH3 is 1. The molecule has 1 aromatic carbocycles. The van der Waals surface area contributed by atoms with Crippen LogP contribution in [0.3, 0.4) is 0 Å². The van der Waals surface area contributed by atoms with Crippen LogP contribution in [-0.2, 0) is 9.53 Å². The molecule has 3 nitrogen and oxygen atoms in total. The van der Waals surface area contributed by atoms with E-state index in [2.05, 4.69) is 36.6 Å². The van der Waals surface area contributed by atoms with Crippen LogP contribution in [-0.4, -0.2) is 18.9 Å². The highest BCUT2D eigenvalue weighted by atomic mass is 79.9. The molecule has 80 valence electrons. The fourth-order valence-corrected chi connectivity index (χ4v) is 1.87. The van der Waals surface area contributed by atoms with Crippen LogP contribution >= 0.6 is 31.9 Å². The minimum Gasteiger partial charge on any atom is -0.469 e. The van der Waals surface area contributed by atoms with Gasteiger partial charge in [0.2, 0.25) is 0 Å². The summed E-state index contributed by atoms with van der Waals surface area (Å²) in [6.45, 7) is 0. The number of benzene rings is 1. The summed E-state index contributed by atoms with van der Waals surface area (Å²) in [5.41, 5.74) is 0.467. The molecule has 0 radical (unpaired) electrons. The van der Waals surface area contributed by atoms with Gasteiger partial charge in [0.15, 0.2) is 5.78 Å². The molecule has 0 spiro atoms. The lowest BCUT2D eigenvalue weighted by atomic mass is 10.1. The number of ether oxygens (including phenoxy) is 1. The molecule has 5 heteroatoms. The first-order valence-corrected chi connectivity index (χ1v) is 5.69. The fourth-order valence-electron chi connectivity index (χ4n) is 1.02. The van der Waals surface area contributed by atoms with Gasteiger partial charge in [-0.15, -0.1) is 0 Å². The fraction of sp³-hybridized carbons (Fsp3) is 0.200. The van der Waals surface area contributed by atoms with Crippen molar-refractivity contribution in [2.75, 3.05) is 7.11 Å². The first-order valence-electron chi connectivity index (χ1n) is 4.10. The Bertz CT molecular complexity index is 402. The van der Waals surface area contributed by atoms with Gasteiger partial charge in [0.25, 0.3) is 0 Å². The summed E-state index contributed by atoms with van der Waals surface area (Å²) in [7, 11) is 1.26. The van der Waals surface area contributed by atoms with E-state index in [0.717, 1.165) is 4.47 Å². The SMILES string of the molecule is COC(=O)CC(=O)c1cccc(Br)c1Br. The number of halogens is 2. The van der Waals surface area contributed by atoms with Crippen LogP contribution in [0.4, 0.5) is 0 Å². The van der Waals surface area contributed by atoms with Crippen molar-refractivity contribution >= 4 is 43.6 Å². The Morgan fingerprint density at radius 2 is 2.00 bits per heavy atom. The quantitative estimate of drug-likeness (QED) is 0.484. The van der Waals surface area contributed by atoms with Crippen molar-refractivity contribution in [2.24, 2.45) is 0 Å². The molecule has 0 aliphatic carbocycles. The second kappa shape index (κ2) is 5.42. The van der Waals surface area contributed by atoms with Crippen molar-refractivity contribution in [2.45, 2.75) is 6.42 Å². The number of rotatable bonds is 3. The van der Waals surface area contributed by atoms with E-state index < -0.39 is 5.97 Å². The molecule has 0 N–H and O–H groups in total. The molecular weight excluding hydrogens is 328 g/mol. The highest BCUT2D eigenvalue weighted by Gasteiger charge is 2.15. The summed E-state index contributed by atoms with van der Waals surface area (Å²) in [4.78, 5) is 22.6. The zero-order chi connectivity index (χ0) is 11.4. The van der Waals surface area contributed by atoms with Gasteiger partial charge in [0.05, 0.1) is 7.11 Å². The van der Waals surface area contributed by atoms with Crippen LogP contribution in [0.5, 0.6) is 0 Å². The first kappa shape index (κ1) is 12.4. The summed E-state index contributed by atoms with van der Waals surface area (Å²) < 4.78 is 5.85. The van der Waals surface area contributed by atoms with Crippen molar-refractivity contribution in [1.82, 2.24) is 0 Å². The number of carbonyl (C=O) groups is 2. The van der Waals surface area contributed by atoms with Gasteiger partial charge in [0, 0.05) is 14.5 Å². The molecule has 0 heterocycles. The van der Waals surface area contributed by atoms with Gasteiger partial charge in [-0.25, -0.2) is 0 Å². The number of esters is 1. The molecule has 1 aromatic rings. The Kier molecular flexibility index (Phi) is 4.47. The first-order chi connectivity index (χ1) is 7.06. The van der Waals surface area contributed by atoms with Crippen molar-refractivity contribution in [3.05, 3.63) is 32.7 Å². The Labute approximate surface area is 104 Å². The van der Waals surface area contributed by atoms with Crippen LogP contribution in [0.15, 0.2) is 27.1 Å². The van der Waals surface area contributed by atoms with E-state index in [9.17, 15) is 9.59 Å². The summed E-state index contributed by atoms with van der Waals surface area (Å²) in [6, 6.07) is 5.19. The average molecular weight is 336 g/mol. The van der Waals surface area contributed by atoms with Crippen molar-refractivity contribution < 1.29 is 14.3 Å². The molecule has 0 amide bonds. The lowest BCUT2D eigenvalue weighted by Gasteiger charge is -2.04. The van der Waals surface area contributed by atoms with Crippen molar-refractivity contribution in [1.29, 1.82) is 0 Å². The Hall–Kier alpha value is -0.680.